The number of hydrogen-bond donors (Lipinski definition) is 1. The lowest BCUT2D eigenvalue weighted by Crippen LogP contribution is -2.37. The molecule has 2 fully saturated rings. The van der Waals surface area contributed by atoms with Gasteiger partial charge in [-0.05, 0) is 65.8 Å². The van der Waals surface area contributed by atoms with E-state index in [4.69, 9.17) is 28.4 Å². The van der Waals surface area contributed by atoms with Crippen LogP contribution in [-0.4, -0.2) is 85.3 Å². The maximum Gasteiger partial charge on any atom is 0.410 e. The first-order valence-corrected chi connectivity index (χ1v) is 18.6. The topological polar surface area (TPSA) is 116 Å². The SMILES string of the molecule is C=C[C@@H]1C[C@@H](OCc2ccc(OC)cc2)CN1C(=O)OCc1ccccc1.COc1ccc(CO[C@@H]2C[C@@H](CCO)N(C(=O)OCc3ccccc3)C2)cc1. The van der Waals surface area contributed by atoms with E-state index in [1.54, 1.807) is 30.1 Å². The normalized spacial score (nSPS) is 18.9. The van der Waals surface area contributed by atoms with Gasteiger partial charge in [0, 0.05) is 12.6 Å². The minimum atomic E-state index is -0.363. The molecule has 0 spiro atoms. The van der Waals surface area contributed by atoms with Crippen LogP contribution in [0.4, 0.5) is 9.59 Å². The zero-order valence-electron chi connectivity index (χ0n) is 31.7. The van der Waals surface area contributed by atoms with Gasteiger partial charge < -0.3 is 38.4 Å². The average molecular weight is 753 g/mol. The standard InChI is InChI=1S/C22H27NO5.C22H25NO4/c1-26-20-9-7-18(8-10-20)15-27-21-13-19(11-12-24)23(14-21)22(25)28-16-17-5-3-2-4-6-17;1-3-19-13-21(26-15-18-9-11-20(25-2)12-10-18)14-23(19)22(24)27-16-17-7-5-4-6-8-17/h2-10,19,21,24H,11-16H2,1H3;3-12,19,21H,1,13-16H2,2H3/t2*19-,21-/m11/s1. The molecule has 4 aromatic rings. The Balaban J connectivity index is 0.000000211. The number of aliphatic hydroxyl groups is 1. The lowest BCUT2D eigenvalue weighted by molar-refractivity contribution is 0.0431. The van der Waals surface area contributed by atoms with Crippen molar-refractivity contribution in [3.8, 4) is 11.5 Å². The Labute approximate surface area is 324 Å². The number of ether oxygens (including phenoxy) is 6. The largest absolute Gasteiger partial charge is 0.497 e. The van der Waals surface area contributed by atoms with E-state index in [0.29, 0.717) is 39.1 Å². The molecule has 2 aliphatic rings. The summed E-state index contributed by atoms with van der Waals surface area (Å²) >= 11 is 0. The van der Waals surface area contributed by atoms with E-state index in [1.165, 1.54) is 0 Å². The van der Waals surface area contributed by atoms with Gasteiger partial charge in [-0.15, -0.1) is 6.58 Å². The highest BCUT2D eigenvalue weighted by Crippen LogP contribution is 2.26. The zero-order chi connectivity index (χ0) is 38.8. The quantitative estimate of drug-likeness (QED) is 0.123. The molecule has 2 heterocycles. The number of nitrogens with zero attached hydrogens (tertiary/aromatic N) is 2. The number of carbonyl (C=O) groups excluding carboxylic acids is 2. The molecule has 0 saturated carbocycles. The summed E-state index contributed by atoms with van der Waals surface area (Å²) < 4.78 is 33.2. The summed E-state index contributed by atoms with van der Waals surface area (Å²) in [5.41, 5.74) is 4.02. The first-order valence-electron chi connectivity index (χ1n) is 18.6. The zero-order valence-corrected chi connectivity index (χ0v) is 31.7. The van der Waals surface area contributed by atoms with Gasteiger partial charge in [-0.3, -0.25) is 4.90 Å². The van der Waals surface area contributed by atoms with Crippen molar-refractivity contribution in [2.75, 3.05) is 33.9 Å². The second-order valence-corrected chi connectivity index (χ2v) is 13.4. The van der Waals surface area contributed by atoms with Crippen LogP contribution >= 0.6 is 0 Å². The summed E-state index contributed by atoms with van der Waals surface area (Å²) in [4.78, 5) is 28.4. The molecule has 0 unspecified atom stereocenters. The summed E-state index contributed by atoms with van der Waals surface area (Å²) in [6.45, 7) is 6.29. The fourth-order valence-electron chi connectivity index (χ4n) is 6.50. The average Bonchev–Trinajstić information content (AvgIpc) is 3.86. The van der Waals surface area contributed by atoms with Gasteiger partial charge in [-0.2, -0.15) is 0 Å². The molecule has 0 aliphatic carbocycles. The predicted molar refractivity (Wildman–Crippen MR) is 209 cm³/mol. The predicted octanol–water partition coefficient (Wildman–Crippen LogP) is 7.55. The van der Waals surface area contributed by atoms with Crippen LogP contribution in [0.25, 0.3) is 0 Å². The van der Waals surface area contributed by atoms with Gasteiger partial charge in [0.1, 0.15) is 24.7 Å². The fraction of sp³-hybridized carbons (Fsp3) is 0.364. The molecular formula is C44H52N2O9. The van der Waals surface area contributed by atoms with Crippen LogP contribution in [0.15, 0.2) is 122 Å². The number of aliphatic hydroxyl groups excluding tert-OH is 1. The van der Waals surface area contributed by atoms with Gasteiger partial charge in [0.25, 0.3) is 0 Å². The van der Waals surface area contributed by atoms with E-state index in [2.05, 4.69) is 6.58 Å². The molecule has 2 saturated heterocycles. The number of rotatable bonds is 15. The fourth-order valence-corrected chi connectivity index (χ4v) is 6.50. The van der Waals surface area contributed by atoms with Gasteiger partial charge >= 0.3 is 12.2 Å². The molecule has 55 heavy (non-hydrogen) atoms. The van der Waals surface area contributed by atoms with Crippen LogP contribution in [0.5, 0.6) is 11.5 Å². The first kappa shape index (κ1) is 40.8. The lowest BCUT2D eigenvalue weighted by atomic mass is 10.1. The van der Waals surface area contributed by atoms with Crippen LogP contribution in [0.2, 0.25) is 0 Å². The Hall–Kier alpha value is -5.36. The Kier molecular flexibility index (Phi) is 16.0. The molecule has 11 nitrogen and oxygen atoms in total. The molecule has 0 bridgehead atoms. The highest BCUT2D eigenvalue weighted by atomic mass is 16.6. The van der Waals surface area contributed by atoms with Crippen LogP contribution < -0.4 is 9.47 Å². The molecule has 0 aromatic heterocycles. The molecule has 0 radical (unpaired) electrons. The van der Waals surface area contributed by atoms with E-state index in [9.17, 15) is 14.7 Å². The number of benzene rings is 4. The van der Waals surface area contributed by atoms with E-state index in [1.807, 2.05) is 109 Å². The third-order valence-corrected chi connectivity index (χ3v) is 9.58. The van der Waals surface area contributed by atoms with Gasteiger partial charge in [-0.1, -0.05) is 91.0 Å². The van der Waals surface area contributed by atoms with Gasteiger partial charge in [0.2, 0.25) is 0 Å². The third-order valence-electron chi connectivity index (χ3n) is 9.58. The lowest BCUT2D eigenvalue weighted by Gasteiger charge is -2.23. The van der Waals surface area contributed by atoms with Crippen molar-refractivity contribution < 1.29 is 43.1 Å². The van der Waals surface area contributed by atoms with Crippen molar-refractivity contribution in [1.82, 2.24) is 9.80 Å². The van der Waals surface area contributed by atoms with Crippen molar-refractivity contribution in [2.24, 2.45) is 0 Å². The van der Waals surface area contributed by atoms with Gasteiger partial charge in [-0.25, -0.2) is 9.59 Å². The van der Waals surface area contributed by atoms with E-state index in [-0.39, 0.29) is 56.3 Å². The Morgan fingerprint density at radius 2 is 1.07 bits per heavy atom. The smallest absolute Gasteiger partial charge is 0.410 e. The second-order valence-electron chi connectivity index (χ2n) is 13.4. The van der Waals surface area contributed by atoms with Crippen molar-refractivity contribution in [2.45, 2.75) is 70.0 Å². The maximum absolute atomic E-state index is 12.5. The van der Waals surface area contributed by atoms with Gasteiger partial charge in [0.05, 0.1) is 58.8 Å². The first-order chi connectivity index (χ1) is 26.9. The van der Waals surface area contributed by atoms with Crippen LogP contribution in [-0.2, 0) is 45.4 Å². The third kappa shape index (κ3) is 12.6. The van der Waals surface area contributed by atoms with E-state index in [0.717, 1.165) is 40.2 Å². The molecule has 4 aromatic carbocycles. The summed E-state index contributed by atoms with van der Waals surface area (Å²) in [6.07, 6.45) is 2.89. The molecule has 4 atom stereocenters. The van der Waals surface area contributed by atoms with E-state index >= 15 is 0 Å². The van der Waals surface area contributed by atoms with Crippen LogP contribution in [0.3, 0.4) is 0 Å². The maximum atomic E-state index is 12.5. The summed E-state index contributed by atoms with van der Waals surface area (Å²) in [6, 6.07) is 34.6. The summed E-state index contributed by atoms with van der Waals surface area (Å²) in [7, 11) is 3.28. The Bertz CT molecular complexity index is 1740. The molecule has 2 amide bonds. The molecular weight excluding hydrogens is 700 g/mol. The highest BCUT2D eigenvalue weighted by molar-refractivity contribution is 5.69. The number of carbonyl (C=O) groups is 2. The van der Waals surface area contributed by atoms with Crippen molar-refractivity contribution >= 4 is 12.2 Å². The van der Waals surface area contributed by atoms with Crippen LogP contribution in [0, 0.1) is 0 Å². The number of hydrogen-bond acceptors (Lipinski definition) is 9. The van der Waals surface area contributed by atoms with Crippen molar-refractivity contribution in [1.29, 1.82) is 0 Å². The Morgan fingerprint density at radius 3 is 1.53 bits per heavy atom. The highest BCUT2D eigenvalue weighted by Gasteiger charge is 2.37. The number of likely N-dealkylation sites (tertiary alicyclic amines) is 2. The minimum Gasteiger partial charge on any atom is -0.497 e. The molecule has 292 valence electrons. The molecule has 11 heteroatoms. The Morgan fingerprint density at radius 1 is 0.636 bits per heavy atom. The van der Waals surface area contributed by atoms with E-state index < -0.39 is 0 Å². The molecule has 2 aliphatic heterocycles. The monoisotopic (exact) mass is 752 g/mol. The summed E-state index contributed by atoms with van der Waals surface area (Å²) in [5, 5.41) is 9.35. The van der Waals surface area contributed by atoms with Crippen molar-refractivity contribution in [3.05, 3.63) is 144 Å². The van der Waals surface area contributed by atoms with Crippen molar-refractivity contribution in [3.63, 3.8) is 0 Å². The minimum absolute atomic E-state index is 0.0261. The molecule has 6 rings (SSSR count). The summed E-state index contributed by atoms with van der Waals surface area (Å²) in [5.74, 6) is 1.62. The van der Waals surface area contributed by atoms with Gasteiger partial charge in [0.15, 0.2) is 0 Å². The van der Waals surface area contributed by atoms with Crippen LogP contribution in [0.1, 0.15) is 41.5 Å². The molecule has 1 N–H and O–H groups in total. The number of methoxy groups -OCH3 is 2. The second kappa shape index (κ2) is 21.5. The number of amides is 2.